The number of rotatable bonds is 10. The molecule has 0 amide bonds. The van der Waals surface area contributed by atoms with Gasteiger partial charge in [0.2, 0.25) is 21.6 Å². The number of ketones is 1. The number of benzene rings is 3. The van der Waals surface area contributed by atoms with Gasteiger partial charge in [-0.1, -0.05) is 6.07 Å². The number of halogens is 3. The number of sulfonamides is 1. The molecule has 13 heteroatoms. The van der Waals surface area contributed by atoms with E-state index >= 15 is 0 Å². The van der Waals surface area contributed by atoms with Gasteiger partial charge in [0.15, 0.2) is 11.6 Å². The van der Waals surface area contributed by atoms with E-state index in [0.717, 1.165) is 6.07 Å². The highest BCUT2D eigenvalue weighted by Gasteiger charge is 2.21. The number of nitrogens with two attached hydrogens (primary N) is 1. The second kappa shape index (κ2) is 11.2. The number of carbonyl (C=O) groups excluding carboxylic acids is 1. The van der Waals surface area contributed by atoms with Crippen molar-refractivity contribution < 1.29 is 31.1 Å². The van der Waals surface area contributed by atoms with Crippen LogP contribution in [0.25, 0.3) is 16.6 Å². The SMILES string of the molecule is Cc1cc2cc(C(=O)c3cnn(-c4ccc(Oc5cccc(F)c5F)cc4C)c3N)[nH]c2cc1NS(=O)(=O)CCCF. The molecule has 0 saturated heterocycles. The maximum absolute atomic E-state index is 14.0. The molecule has 0 fully saturated rings. The minimum atomic E-state index is -3.73. The lowest BCUT2D eigenvalue weighted by Gasteiger charge is -2.12. The van der Waals surface area contributed by atoms with Crippen LogP contribution in [0.5, 0.6) is 11.5 Å². The molecule has 5 aromatic rings. The summed E-state index contributed by atoms with van der Waals surface area (Å²) < 4.78 is 73.8. The topological polar surface area (TPSA) is 132 Å². The lowest BCUT2D eigenvalue weighted by Crippen LogP contribution is -2.17. The van der Waals surface area contributed by atoms with Crippen LogP contribution in [-0.2, 0) is 10.0 Å². The first-order valence-electron chi connectivity index (χ1n) is 12.8. The third-order valence-corrected chi connectivity index (χ3v) is 7.97. The summed E-state index contributed by atoms with van der Waals surface area (Å²) in [5, 5.41) is 4.96. The first-order chi connectivity index (χ1) is 20.0. The Balaban J connectivity index is 1.39. The monoisotopic (exact) mass is 597 g/mol. The molecule has 0 aliphatic carbocycles. The van der Waals surface area contributed by atoms with Crippen LogP contribution < -0.4 is 15.2 Å². The van der Waals surface area contributed by atoms with Crippen molar-refractivity contribution in [3.05, 3.63) is 94.8 Å². The Labute approximate surface area is 239 Å². The lowest BCUT2D eigenvalue weighted by atomic mass is 10.1. The van der Waals surface area contributed by atoms with Crippen LogP contribution in [0.4, 0.5) is 24.7 Å². The molecule has 2 heterocycles. The molecule has 0 bridgehead atoms. The van der Waals surface area contributed by atoms with Gasteiger partial charge in [0.25, 0.3) is 0 Å². The fourth-order valence-electron chi connectivity index (χ4n) is 4.48. The highest BCUT2D eigenvalue weighted by Crippen LogP contribution is 2.31. The van der Waals surface area contributed by atoms with Crippen molar-refractivity contribution in [2.75, 3.05) is 22.9 Å². The van der Waals surface area contributed by atoms with Crippen LogP contribution in [0.1, 0.15) is 33.6 Å². The number of hydrogen-bond donors (Lipinski definition) is 3. The Morgan fingerprint density at radius 3 is 2.62 bits per heavy atom. The normalized spacial score (nSPS) is 11.6. The molecule has 3 aromatic carbocycles. The standard InChI is InChI=1S/C29H26F3N5O4S/c1-16-11-18-13-24(35-23(18)14-22(16)36-42(39,40)10-4-9-30)28(38)20-15-34-37(29(20)33)25-8-7-19(12-17(25)2)41-26-6-3-5-21(31)27(26)32/h3,5-8,11-15,35-36H,4,9-10,33H2,1-2H3. The molecule has 0 aliphatic heterocycles. The highest BCUT2D eigenvalue weighted by molar-refractivity contribution is 7.92. The van der Waals surface area contributed by atoms with Gasteiger partial charge in [-0.3, -0.25) is 13.9 Å². The van der Waals surface area contributed by atoms with Gasteiger partial charge >= 0.3 is 0 Å². The number of aromatic nitrogens is 3. The first-order valence-corrected chi connectivity index (χ1v) is 14.4. The molecule has 0 unspecified atom stereocenters. The molecule has 42 heavy (non-hydrogen) atoms. The zero-order valence-corrected chi connectivity index (χ0v) is 23.4. The van der Waals surface area contributed by atoms with E-state index in [1.165, 1.54) is 23.0 Å². The number of nitrogens with one attached hydrogen (secondary N) is 2. The molecule has 0 saturated carbocycles. The molecule has 0 aliphatic rings. The molecule has 0 radical (unpaired) electrons. The predicted octanol–water partition coefficient (Wildman–Crippen LogP) is 5.96. The van der Waals surface area contributed by atoms with E-state index in [4.69, 9.17) is 10.5 Å². The van der Waals surface area contributed by atoms with E-state index in [1.54, 1.807) is 50.2 Å². The summed E-state index contributed by atoms with van der Waals surface area (Å²) in [6.45, 7) is 2.73. The molecule has 0 atom stereocenters. The number of carbonyl (C=O) groups is 1. The predicted molar refractivity (Wildman–Crippen MR) is 154 cm³/mol. The summed E-state index contributed by atoms with van der Waals surface area (Å²) in [6, 6.07) is 13.3. The van der Waals surface area contributed by atoms with Crippen molar-refractivity contribution in [3.63, 3.8) is 0 Å². The van der Waals surface area contributed by atoms with Gasteiger partial charge in [0.1, 0.15) is 11.6 Å². The highest BCUT2D eigenvalue weighted by atomic mass is 32.2. The Kier molecular flexibility index (Phi) is 7.69. The summed E-state index contributed by atoms with van der Waals surface area (Å²) in [5.41, 5.74) is 9.31. The summed E-state index contributed by atoms with van der Waals surface area (Å²) in [5.74, 6) is -2.83. The number of nitrogens with zero attached hydrogens (tertiary/aromatic N) is 2. The van der Waals surface area contributed by atoms with Gasteiger partial charge in [-0.25, -0.2) is 17.5 Å². The molecule has 4 N–H and O–H groups in total. The summed E-state index contributed by atoms with van der Waals surface area (Å²) >= 11 is 0. The number of aryl methyl sites for hydroxylation is 2. The second-order valence-electron chi connectivity index (χ2n) is 9.69. The summed E-state index contributed by atoms with van der Waals surface area (Å²) in [7, 11) is -3.73. The molecule has 218 valence electrons. The minimum Gasteiger partial charge on any atom is -0.454 e. The number of nitrogen functional groups attached to an aromatic ring is 1. The largest absolute Gasteiger partial charge is 0.454 e. The van der Waals surface area contributed by atoms with E-state index < -0.39 is 34.1 Å². The fourth-order valence-corrected chi connectivity index (χ4v) is 5.62. The summed E-state index contributed by atoms with van der Waals surface area (Å²) in [6.07, 6.45) is 1.23. The van der Waals surface area contributed by atoms with E-state index in [-0.39, 0.29) is 40.7 Å². The average Bonchev–Trinajstić information content (AvgIpc) is 3.53. The van der Waals surface area contributed by atoms with Gasteiger partial charge in [0.05, 0.1) is 41.3 Å². The number of anilines is 2. The fraction of sp³-hybridized carbons (Fsp3) is 0.172. The molecule has 0 spiro atoms. The zero-order valence-electron chi connectivity index (χ0n) is 22.5. The average molecular weight is 598 g/mol. The van der Waals surface area contributed by atoms with Gasteiger partial charge in [0, 0.05) is 10.9 Å². The van der Waals surface area contributed by atoms with Gasteiger partial charge < -0.3 is 15.5 Å². The molecule has 2 aromatic heterocycles. The number of aromatic amines is 1. The maximum atomic E-state index is 14.0. The smallest absolute Gasteiger partial charge is 0.232 e. The Bertz CT molecular complexity index is 1940. The number of fused-ring (bicyclic) bond motifs is 1. The van der Waals surface area contributed by atoms with Crippen LogP contribution >= 0.6 is 0 Å². The van der Waals surface area contributed by atoms with Crippen molar-refractivity contribution >= 4 is 38.2 Å². The summed E-state index contributed by atoms with van der Waals surface area (Å²) in [4.78, 5) is 16.4. The van der Waals surface area contributed by atoms with Crippen LogP contribution in [0.2, 0.25) is 0 Å². The number of ether oxygens (including phenoxy) is 1. The van der Waals surface area contributed by atoms with Crippen LogP contribution in [0.15, 0.2) is 60.8 Å². The van der Waals surface area contributed by atoms with Gasteiger partial charge in [-0.2, -0.15) is 9.49 Å². The van der Waals surface area contributed by atoms with Crippen LogP contribution in [0.3, 0.4) is 0 Å². The van der Waals surface area contributed by atoms with E-state index in [9.17, 15) is 26.4 Å². The van der Waals surface area contributed by atoms with Crippen molar-refractivity contribution in [2.45, 2.75) is 20.3 Å². The molecular weight excluding hydrogens is 571 g/mol. The number of H-pyrrole nitrogens is 1. The first kappa shape index (κ1) is 28.7. The quantitative estimate of drug-likeness (QED) is 0.170. The zero-order chi connectivity index (χ0) is 30.2. The Morgan fingerprint density at radius 1 is 1.10 bits per heavy atom. The van der Waals surface area contributed by atoms with Crippen molar-refractivity contribution in [1.82, 2.24) is 14.8 Å². The van der Waals surface area contributed by atoms with E-state index in [1.807, 2.05) is 0 Å². The van der Waals surface area contributed by atoms with E-state index in [2.05, 4.69) is 14.8 Å². The van der Waals surface area contributed by atoms with Crippen molar-refractivity contribution in [2.24, 2.45) is 0 Å². The third-order valence-electron chi connectivity index (χ3n) is 6.61. The third kappa shape index (κ3) is 5.68. The maximum Gasteiger partial charge on any atom is 0.232 e. The van der Waals surface area contributed by atoms with Crippen LogP contribution in [0, 0.1) is 25.5 Å². The number of alkyl halides is 1. The molecule has 9 nitrogen and oxygen atoms in total. The van der Waals surface area contributed by atoms with Gasteiger partial charge in [-0.15, -0.1) is 0 Å². The Hall–Kier alpha value is -4.78. The van der Waals surface area contributed by atoms with Crippen molar-refractivity contribution in [1.29, 1.82) is 0 Å². The number of hydrogen-bond acceptors (Lipinski definition) is 6. The molecule has 5 rings (SSSR count). The van der Waals surface area contributed by atoms with Crippen LogP contribution in [-0.4, -0.2) is 41.4 Å². The minimum absolute atomic E-state index is 0.0732. The van der Waals surface area contributed by atoms with Gasteiger partial charge in [-0.05, 0) is 79.9 Å². The van der Waals surface area contributed by atoms with E-state index in [0.29, 0.717) is 33.4 Å². The van der Waals surface area contributed by atoms with Crippen molar-refractivity contribution in [3.8, 4) is 17.2 Å². The molecular formula is C29H26F3N5O4S. The Morgan fingerprint density at radius 2 is 1.88 bits per heavy atom. The lowest BCUT2D eigenvalue weighted by molar-refractivity contribution is 0.103. The second-order valence-corrected chi connectivity index (χ2v) is 11.5.